The topological polar surface area (TPSA) is 29.5 Å². The zero-order valence-corrected chi connectivity index (χ0v) is 13.6. The van der Waals surface area contributed by atoms with Gasteiger partial charge in [-0.3, -0.25) is 0 Å². The molecular formula is C20H23NO2. The Kier molecular flexibility index (Phi) is 4.96. The van der Waals surface area contributed by atoms with Gasteiger partial charge in [-0.2, -0.15) is 0 Å². The van der Waals surface area contributed by atoms with Crippen molar-refractivity contribution in [2.24, 2.45) is 0 Å². The molecule has 1 fully saturated rings. The molecule has 1 aliphatic rings. The SMILES string of the molecule is Cc1ccc(COc2ccc(N3CCCC3CC=O)cc2)cc1. The number of rotatable bonds is 6. The molecule has 0 radical (unpaired) electrons. The first-order valence-electron chi connectivity index (χ1n) is 8.25. The summed E-state index contributed by atoms with van der Waals surface area (Å²) < 4.78 is 5.85. The van der Waals surface area contributed by atoms with E-state index in [1.807, 2.05) is 12.1 Å². The van der Waals surface area contributed by atoms with Crippen molar-refractivity contribution in [2.75, 3.05) is 11.4 Å². The lowest BCUT2D eigenvalue weighted by Gasteiger charge is -2.25. The van der Waals surface area contributed by atoms with Crippen molar-refractivity contribution in [3.05, 3.63) is 59.7 Å². The van der Waals surface area contributed by atoms with Crippen LogP contribution in [0.1, 0.15) is 30.4 Å². The molecular weight excluding hydrogens is 286 g/mol. The number of benzene rings is 2. The van der Waals surface area contributed by atoms with Gasteiger partial charge in [0.2, 0.25) is 0 Å². The maximum Gasteiger partial charge on any atom is 0.122 e. The van der Waals surface area contributed by atoms with Crippen molar-refractivity contribution in [1.82, 2.24) is 0 Å². The Morgan fingerprint density at radius 1 is 1.13 bits per heavy atom. The lowest BCUT2D eigenvalue weighted by molar-refractivity contribution is -0.108. The summed E-state index contributed by atoms with van der Waals surface area (Å²) >= 11 is 0. The number of hydrogen-bond acceptors (Lipinski definition) is 3. The fourth-order valence-corrected chi connectivity index (χ4v) is 3.12. The van der Waals surface area contributed by atoms with Gasteiger partial charge >= 0.3 is 0 Å². The Balaban J connectivity index is 1.60. The summed E-state index contributed by atoms with van der Waals surface area (Å²) in [6, 6.07) is 17.0. The zero-order chi connectivity index (χ0) is 16.1. The lowest BCUT2D eigenvalue weighted by atomic mass is 10.1. The molecule has 2 aromatic carbocycles. The van der Waals surface area contributed by atoms with Crippen molar-refractivity contribution < 1.29 is 9.53 Å². The van der Waals surface area contributed by atoms with Gasteiger partial charge in [-0.15, -0.1) is 0 Å². The highest BCUT2D eigenvalue weighted by Crippen LogP contribution is 2.28. The van der Waals surface area contributed by atoms with E-state index in [9.17, 15) is 4.79 Å². The van der Waals surface area contributed by atoms with Crippen LogP contribution >= 0.6 is 0 Å². The fraction of sp³-hybridized carbons (Fsp3) is 0.350. The monoisotopic (exact) mass is 309 g/mol. The van der Waals surface area contributed by atoms with E-state index in [-0.39, 0.29) is 0 Å². The highest BCUT2D eigenvalue weighted by molar-refractivity contribution is 5.56. The third kappa shape index (κ3) is 3.92. The van der Waals surface area contributed by atoms with Crippen molar-refractivity contribution in [2.45, 2.75) is 38.8 Å². The first-order valence-corrected chi connectivity index (χ1v) is 8.25. The second kappa shape index (κ2) is 7.32. The first kappa shape index (κ1) is 15.6. The number of nitrogens with zero attached hydrogens (tertiary/aromatic N) is 1. The minimum absolute atomic E-state index is 0.354. The molecule has 1 saturated heterocycles. The van der Waals surface area contributed by atoms with Gasteiger partial charge in [0.1, 0.15) is 18.6 Å². The number of carbonyl (C=O) groups is 1. The number of anilines is 1. The van der Waals surface area contributed by atoms with Crippen LogP contribution in [0.5, 0.6) is 5.75 Å². The van der Waals surface area contributed by atoms with Crippen molar-refractivity contribution in [3.63, 3.8) is 0 Å². The summed E-state index contributed by atoms with van der Waals surface area (Å²) in [6.07, 6.45) is 3.91. The molecule has 120 valence electrons. The lowest BCUT2D eigenvalue weighted by Crippen LogP contribution is -2.29. The van der Waals surface area contributed by atoms with E-state index >= 15 is 0 Å². The number of carbonyl (C=O) groups excluding carboxylic acids is 1. The molecule has 1 atom stereocenters. The number of aldehydes is 1. The van der Waals surface area contributed by atoms with E-state index in [2.05, 4.69) is 48.2 Å². The van der Waals surface area contributed by atoms with Crippen LogP contribution in [-0.2, 0) is 11.4 Å². The molecule has 0 aliphatic carbocycles. The number of ether oxygens (including phenoxy) is 1. The highest BCUT2D eigenvalue weighted by atomic mass is 16.5. The van der Waals surface area contributed by atoms with Gasteiger partial charge in [-0.1, -0.05) is 29.8 Å². The maximum absolute atomic E-state index is 10.8. The molecule has 0 amide bonds. The minimum atomic E-state index is 0.354. The second-order valence-electron chi connectivity index (χ2n) is 6.16. The molecule has 0 bridgehead atoms. The number of hydrogen-bond donors (Lipinski definition) is 0. The quantitative estimate of drug-likeness (QED) is 0.751. The molecule has 0 saturated carbocycles. The maximum atomic E-state index is 10.8. The summed E-state index contributed by atoms with van der Waals surface area (Å²) in [5, 5.41) is 0. The molecule has 0 aromatic heterocycles. The van der Waals surface area contributed by atoms with Crippen LogP contribution in [0.25, 0.3) is 0 Å². The Hall–Kier alpha value is -2.29. The van der Waals surface area contributed by atoms with Gasteiger partial charge in [-0.05, 0) is 49.6 Å². The molecule has 2 aromatic rings. The summed E-state index contributed by atoms with van der Waals surface area (Å²) in [5.41, 5.74) is 3.61. The molecule has 1 heterocycles. The largest absolute Gasteiger partial charge is 0.489 e. The van der Waals surface area contributed by atoms with E-state index in [1.165, 1.54) is 16.8 Å². The van der Waals surface area contributed by atoms with E-state index in [1.54, 1.807) is 0 Å². The summed E-state index contributed by atoms with van der Waals surface area (Å²) in [5.74, 6) is 0.875. The average Bonchev–Trinajstić information content (AvgIpc) is 3.03. The van der Waals surface area contributed by atoms with Gasteiger partial charge in [-0.25, -0.2) is 0 Å². The van der Waals surface area contributed by atoms with Gasteiger partial charge in [0.05, 0.1) is 0 Å². The van der Waals surface area contributed by atoms with Crippen LogP contribution in [0.3, 0.4) is 0 Å². The third-order valence-corrected chi connectivity index (χ3v) is 4.44. The summed E-state index contributed by atoms with van der Waals surface area (Å²) in [4.78, 5) is 13.1. The molecule has 3 heteroatoms. The Morgan fingerprint density at radius 2 is 1.87 bits per heavy atom. The van der Waals surface area contributed by atoms with Crippen LogP contribution in [0.15, 0.2) is 48.5 Å². The standard InChI is InChI=1S/C20H23NO2/c1-16-4-6-17(7-5-16)15-23-20-10-8-19(9-11-20)21-13-2-3-18(21)12-14-22/h4-11,14,18H,2-3,12-13,15H2,1H3. The molecule has 23 heavy (non-hydrogen) atoms. The predicted octanol–water partition coefficient (Wildman–Crippen LogP) is 4.13. The van der Waals surface area contributed by atoms with Crippen LogP contribution in [0, 0.1) is 6.92 Å². The van der Waals surface area contributed by atoms with Crippen LogP contribution in [0.4, 0.5) is 5.69 Å². The molecule has 3 nitrogen and oxygen atoms in total. The molecule has 0 spiro atoms. The highest BCUT2D eigenvalue weighted by Gasteiger charge is 2.24. The van der Waals surface area contributed by atoms with E-state index in [0.717, 1.165) is 31.4 Å². The Labute approximate surface area is 137 Å². The van der Waals surface area contributed by atoms with Gasteiger partial charge in [0.25, 0.3) is 0 Å². The number of aryl methyl sites for hydroxylation is 1. The van der Waals surface area contributed by atoms with Crippen molar-refractivity contribution in [1.29, 1.82) is 0 Å². The second-order valence-corrected chi connectivity index (χ2v) is 6.16. The minimum Gasteiger partial charge on any atom is -0.489 e. The smallest absolute Gasteiger partial charge is 0.122 e. The van der Waals surface area contributed by atoms with Gasteiger partial charge < -0.3 is 14.4 Å². The third-order valence-electron chi connectivity index (χ3n) is 4.44. The Bertz CT molecular complexity index is 634. The molecule has 1 unspecified atom stereocenters. The average molecular weight is 309 g/mol. The molecule has 1 aliphatic heterocycles. The zero-order valence-electron chi connectivity index (χ0n) is 13.6. The summed E-state index contributed by atoms with van der Waals surface area (Å²) in [6.45, 7) is 3.69. The van der Waals surface area contributed by atoms with Gasteiger partial charge in [0.15, 0.2) is 0 Å². The van der Waals surface area contributed by atoms with Crippen LogP contribution in [-0.4, -0.2) is 18.9 Å². The van der Waals surface area contributed by atoms with Crippen molar-refractivity contribution >= 4 is 12.0 Å². The van der Waals surface area contributed by atoms with Crippen LogP contribution < -0.4 is 9.64 Å². The predicted molar refractivity (Wildman–Crippen MR) is 93.0 cm³/mol. The normalized spacial score (nSPS) is 17.3. The van der Waals surface area contributed by atoms with E-state index in [0.29, 0.717) is 19.1 Å². The summed E-state index contributed by atoms with van der Waals surface area (Å²) in [7, 11) is 0. The van der Waals surface area contributed by atoms with E-state index in [4.69, 9.17) is 4.74 Å². The van der Waals surface area contributed by atoms with E-state index < -0.39 is 0 Å². The Morgan fingerprint density at radius 3 is 2.57 bits per heavy atom. The van der Waals surface area contributed by atoms with Gasteiger partial charge in [0, 0.05) is 24.7 Å². The van der Waals surface area contributed by atoms with Crippen molar-refractivity contribution in [3.8, 4) is 5.75 Å². The first-order chi connectivity index (χ1) is 11.3. The molecule has 3 rings (SSSR count). The van der Waals surface area contributed by atoms with Crippen LogP contribution in [0.2, 0.25) is 0 Å². The molecule has 0 N–H and O–H groups in total. The fourth-order valence-electron chi connectivity index (χ4n) is 3.12.